The van der Waals surface area contributed by atoms with Gasteiger partial charge in [-0.1, -0.05) is 55.1 Å². The van der Waals surface area contributed by atoms with E-state index in [1.165, 1.54) is 11.6 Å². The SMILES string of the molecule is C=C(/C=c1/c(-c2cc3c(-c4ccccc4F)nccc3[nH]2)n[nH]/c1=C/C)c1cncc(CNCc2ccccc2)c1. The van der Waals surface area contributed by atoms with E-state index in [0.717, 1.165) is 56.1 Å². The maximum Gasteiger partial charge on any atom is 0.132 e. The van der Waals surface area contributed by atoms with E-state index in [2.05, 4.69) is 55.2 Å². The van der Waals surface area contributed by atoms with Crippen molar-refractivity contribution < 1.29 is 4.39 Å². The molecule has 0 aliphatic carbocycles. The summed E-state index contributed by atoms with van der Waals surface area (Å²) in [4.78, 5) is 12.4. The Morgan fingerprint density at radius 2 is 1.76 bits per heavy atom. The standard InChI is InChI=1S/C34H29FN6/c1-3-30-27(15-22(2)25-16-24(20-37-21-25)19-36-18-23-9-5-4-6-10-23)34(41-40-30)32-17-28-31(39-32)13-14-38-33(28)26-11-7-8-12-29(26)35/h3-17,20-21,36,39-40H,2,18-19H2,1H3/b27-15+,30-3+. The van der Waals surface area contributed by atoms with Crippen molar-refractivity contribution in [1.82, 2.24) is 30.5 Å². The number of nitrogens with zero attached hydrogens (tertiary/aromatic N) is 3. The molecule has 41 heavy (non-hydrogen) atoms. The highest BCUT2D eigenvalue weighted by molar-refractivity contribution is 5.96. The molecule has 0 saturated heterocycles. The second kappa shape index (κ2) is 11.5. The van der Waals surface area contributed by atoms with Crippen LogP contribution in [0, 0.1) is 5.82 Å². The number of hydrogen-bond donors (Lipinski definition) is 3. The topological polar surface area (TPSA) is 82.3 Å². The van der Waals surface area contributed by atoms with E-state index in [1.807, 2.05) is 67.9 Å². The molecule has 0 unspecified atom stereocenters. The fourth-order valence-electron chi connectivity index (χ4n) is 4.95. The number of hydrogen-bond acceptors (Lipinski definition) is 4. The largest absolute Gasteiger partial charge is 0.353 e. The number of nitrogens with one attached hydrogen (secondary N) is 3. The molecule has 0 atom stereocenters. The fraction of sp³-hybridized carbons (Fsp3) is 0.0882. The molecule has 3 N–H and O–H groups in total. The van der Waals surface area contributed by atoms with E-state index in [-0.39, 0.29) is 5.82 Å². The quantitative estimate of drug-likeness (QED) is 0.230. The molecule has 202 valence electrons. The van der Waals surface area contributed by atoms with Crippen molar-refractivity contribution >= 4 is 28.6 Å². The van der Waals surface area contributed by atoms with Gasteiger partial charge in [0.05, 0.1) is 16.7 Å². The molecule has 0 amide bonds. The number of rotatable bonds is 8. The molecule has 6 nitrogen and oxygen atoms in total. The van der Waals surface area contributed by atoms with Gasteiger partial charge in [0.2, 0.25) is 0 Å². The molecule has 4 heterocycles. The average molecular weight is 541 g/mol. The lowest BCUT2D eigenvalue weighted by atomic mass is 10.0. The van der Waals surface area contributed by atoms with Crippen molar-refractivity contribution in [2.24, 2.45) is 0 Å². The number of aromatic nitrogens is 5. The molecule has 7 heteroatoms. The van der Waals surface area contributed by atoms with E-state index in [4.69, 9.17) is 0 Å². The maximum atomic E-state index is 14.6. The number of pyridine rings is 2. The molecular formula is C34H29FN6. The minimum Gasteiger partial charge on any atom is -0.353 e. The Kier molecular flexibility index (Phi) is 7.34. The highest BCUT2D eigenvalue weighted by Crippen LogP contribution is 2.30. The van der Waals surface area contributed by atoms with Crippen molar-refractivity contribution in [3.05, 3.63) is 131 Å². The van der Waals surface area contributed by atoms with Crippen LogP contribution in [0.15, 0.2) is 98.0 Å². The lowest BCUT2D eigenvalue weighted by Crippen LogP contribution is -2.23. The first-order chi connectivity index (χ1) is 20.1. The molecule has 0 bridgehead atoms. The first-order valence-electron chi connectivity index (χ1n) is 13.4. The summed E-state index contributed by atoms with van der Waals surface area (Å²) in [7, 11) is 0. The van der Waals surface area contributed by atoms with Crippen LogP contribution in [-0.4, -0.2) is 25.1 Å². The van der Waals surface area contributed by atoms with Gasteiger partial charge in [-0.3, -0.25) is 15.1 Å². The van der Waals surface area contributed by atoms with Crippen molar-refractivity contribution in [2.45, 2.75) is 20.0 Å². The lowest BCUT2D eigenvalue weighted by Gasteiger charge is -2.07. The van der Waals surface area contributed by atoms with Gasteiger partial charge in [0, 0.05) is 53.4 Å². The van der Waals surface area contributed by atoms with Crippen molar-refractivity contribution in [2.75, 3.05) is 0 Å². The van der Waals surface area contributed by atoms with Crippen LogP contribution >= 0.6 is 0 Å². The van der Waals surface area contributed by atoms with E-state index in [0.29, 0.717) is 17.8 Å². The smallest absolute Gasteiger partial charge is 0.132 e. The molecule has 6 rings (SSSR count). The van der Waals surface area contributed by atoms with Crippen molar-refractivity contribution in [3.8, 4) is 22.6 Å². The van der Waals surface area contributed by atoms with E-state index >= 15 is 0 Å². The Hall–Kier alpha value is -5.14. The van der Waals surface area contributed by atoms with Crippen LogP contribution in [0.2, 0.25) is 0 Å². The van der Waals surface area contributed by atoms with Gasteiger partial charge in [0.1, 0.15) is 11.5 Å². The third-order valence-corrected chi connectivity index (χ3v) is 7.04. The summed E-state index contributed by atoms with van der Waals surface area (Å²) in [5.74, 6) is -0.311. The monoisotopic (exact) mass is 540 g/mol. The predicted octanol–water partition coefficient (Wildman–Crippen LogP) is 5.74. The Morgan fingerprint density at radius 1 is 0.951 bits per heavy atom. The van der Waals surface area contributed by atoms with E-state index in [9.17, 15) is 4.39 Å². The van der Waals surface area contributed by atoms with Gasteiger partial charge in [-0.25, -0.2) is 4.39 Å². The van der Waals surface area contributed by atoms with Crippen molar-refractivity contribution in [1.29, 1.82) is 0 Å². The first kappa shape index (κ1) is 26.1. The minimum atomic E-state index is -0.311. The minimum absolute atomic E-state index is 0.311. The number of aromatic amines is 2. The predicted molar refractivity (Wildman–Crippen MR) is 163 cm³/mol. The molecule has 6 aromatic rings. The number of benzene rings is 2. The molecule has 4 aromatic heterocycles. The summed E-state index contributed by atoms with van der Waals surface area (Å²) in [5, 5.41) is 13.8. The zero-order chi connectivity index (χ0) is 28.2. The highest BCUT2D eigenvalue weighted by atomic mass is 19.1. The summed E-state index contributed by atoms with van der Waals surface area (Å²) in [6, 6.07) is 22.9. The summed E-state index contributed by atoms with van der Waals surface area (Å²) < 4.78 is 14.6. The molecule has 0 fully saturated rings. The van der Waals surface area contributed by atoms with Crippen molar-refractivity contribution in [3.63, 3.8) is 0 Å². The Bertz CT molecular complexity index is 1970. The summed E-state index contributed by atoms with van der Waals surface area (Å²) in [5.41, 5.74) is 7.49. The van der Waals surface area contributed by atoms with Crippen LogP contribution in [0.3, 0.4) is 0 Å². The molecular weight excluding hydrogens is 511 g/mol. The van der Waals surface area contributed by atoms with E-state index in [1.54, 1.807) is 18.3 Å². The third kappa shape index (κ3) is 5.48. The van der Waals surface area contributed by atoms with Gasteiger partial charge < -0.3 is 10.3 Å². The van der Waals surface area contributed by atoms with Gasteiger partial charge >= 0.3 is 0 Å². The highest BCUT2D eigenvalue weighted by Gasteiger charge is 2.15. The van der Waals surface area contributed by atoms with Crippen LogP contribution in [0.5, 0.6) is 0 Å². The Labute approximate surface area is 237 Å². The second-order valence-electron chi connectivity index (χ2n) is 9.81. The van der Waals surface area contributed by atoms with Gasteiger partial charge in [-0.2, -0.15) is 5.10 Å². The van der Waals surface area contributed by atoms with Gasteiger partial charge in [0.15, 0.2) is 0 Å². The average Bonchev–Trinajstić information content (AvgIpc) is 3.62. The van der Waals surface area contributed by atoms with Crippen LogP contribution < -0.4 is 15.9 Å². The van der Waals surface area contributed by atoms with Crippen LogP contribution in [0.4, 0.5) is 4.39 Å². The van der Waals surface area contributed by atoms with Gasteiger partial charge in [-0.05, 0) is 65.6 Å². The maximum absolute atomic E-state index is 14.6. The fourth-order valence-corrected chi connectivity index (χ4v) is 4.95. The molecule has 0 radical (unpaired) electrons. The van der Waals surface area contributed by atoms with Gasteiger partial charge in [0.25, 0.3) is 0 Å². The van der Waals surface area contributed by atoms with Crippen LogP contribution in [0.25, 0.3) is 51.3 Å². The summed E-state index contributed by atoms with van der Waals surface area (Å²) in [6.45, 7) is 7.79. The number of H-pyrrole nitrogens is 2. The number of halogens is 1. The zero-order valence-corrected chi connectivity index (χ0v) is 22.7. The van der Waals surface area contributed by atoms with Gasteiger partial charge in [-0.15, -0.1) is 0 Å². The molecule has 0 aliphatic rings. The third-order valence-electron chi connectivity index (χ3n) is 7.04. The van der Waals surface area contributed by atoms with E-state index < -0.39 is 0 Å². The Morgan fingerprint density at radius 3 is 2.59 bits per heavy atom. The van der Waals surface area contributed by atoms with Crippen LogP contribution in [-0.2, 0) is 13.1 Å². The number of fused-ring (bicyclic) bond motifs is 1. The summed E-state index contributed by atoms with van der Waals surface area (Å²) >= 11 is 0. The first-order valence-corrected chi connectivity index (χ1v) is 13.4. The van der Waals surface area contributed by atoms with Crippen LogP contribution in [0.1, 0.15) is 23.6 Å². The second-order valence-corrected chi connectivity index (χ2v) is 9.81. The normalized spacial score (nSPS) is 12.3. The molecule has 2 aromatic carbocycles. The summed E-state index contributed by atoms with van der Waals surface area (Å²) in [6.07, 6.45) is 9.38. The molecule has 0 aliphatic heterocycles. The molecule has 0 saturated carbocycles. The lowest BCUT2D eigenvalue weighted by molar-refractivity contribution is 0.631. The zero-order valence-electron chi connectivity index (χ0n) is 22.7. The number of allylic oxidation sites excluding steroid dienone is 1. The molecule has 0 spiro atoms. The Balaban J connectivity index is 1.32.